The Bertz CT molecular complexity index is 3150. The van der Waals surface area contributed by atoms with Crippen molar-refractivity contribution in [2.45, 2.75) is 90.4 Å². The molecule has 0 atom stereocenters. The summed E-state index contributed by atoms with van der Waals surface area (Å²) in [5.41, 5.74) is 24.7. The second-order valence-corrected chi connectivity index (χ2v) is 21.5. The van der Waals surface area contributed by atoms with Crippen LogP contribution in [0.15, 0.2) is 176 Å². The average molecular weight is 856 g/mol. The van der Waals surface area contributed by atoms with Crippen molar-refractivity contribution in [1.29, 1.82) is 0 Å². The van der Waals surface area contributed by atoms with Crippen LogP contribution in [0.1, 0.15) is 95.0 Å². The van der Waals surface area contributed by atoms with E-state index in [-0.39, 0.29) is 23.0 Å². The molecule has 1 saturated carbocycles. The first-order chi connectivity index (χ1) is 31.9. The molecule has 0 amide bonds. The van der Waals surface area contributed by atoms with E-state index in [9.17, 15) is 0 Å². The van der Waals surface area contributed by atoms with Gasteiger partial charge in [0.15, 0.2) is 0 Å². The van der Waals surface area contributed by atoms with E-state index in [1.54, 1.807) is 0 Å². The summed E-state index contributed by atoms with van der Waals surface area (Å²) in [6.45, 7) is 16.2. The van der Waals surface area contributed by atoms with Gasteiger partial charge in [-0.05, 0) is 165 Å². The molecule has 0 aromatic heterocycles. The van der Waals surface area contributed by atoms with Gasteiger partial charge in [0.1, 0.15) is 0 Å². The molecule has 2 aliphatic carbocycles. The Morgan fingerprint density at radius 2 is 1.03 bits per heavy atom. The zero-order chi connectivity index (χ0) is 45.1. The van der Waals surface area contributed by atoms with Crippen molar-refractivity contribution in [1.82, 2.24) is 0 Å². The maximum absolute atomic E-state index is 2.64. The molecular formula is C62H58BN3. The summed E-state index contributed by atoms with van der Waals surface area (Å²) in [7, 11) is 0. The first-order valence-electron chi connectivity index (χ1n) is 24.2. The van der Waals surface area contributed by atoms with Gasteiger partial charge < -0.3 is 14.7 Å². The zero-order valence-corrected chi connectivity index (χ0v) is 39.5. The quantitative estimate of drug-likeness (QED) is 0.160. The van der Waals surface area contributed by atoms with E-state index in [2.05, 4.69) is 239 Å². The first-order valence-corrected chi connectivity index (χ1v) is 24.2. The number of para-hydroxylation sites is 2. The second-order valence-electron chi connectivity index (χ2n) is 21.5. The Hall–Kier alpha value is -6.78. The summed E-state index contributed by atoms with van der Waals surface area (Å²) in [4.78, 5) is 7.62. The largest absolute Gasteiger partial charge is 0.311 e. The molecule has 324 valence electrons. The number of hydrogen-bond donors (Lipinski definition) is 0. The van der Waals surface area contributed by atoms with Crippen LogP contribution < -0.4 is 31.1 Å². The molecule has 4 aliphatic rings. The maximum atomic E-state index is 2.64. The Kier molecular flexibility index (Phi) is 9.17. The number of hydrogen-bond acceptors (Lipinski definition) is 3. The van der Waals surface area contributed by atoms with Crippen molar-refractivity contribution in [2.24, 2.45) is 0 Å². The van der Waals surface area contributed by atoms with E-state index < -0.39 is 0 Å². The molecule has 0 N–H and O–H groups in total. The van der Waals surface area contributed by atoms with Gasteiger partial charge in [0, 0.05) is 56.6 Å². The van der Waals surface area contributed by atoms with Gasteiger partial charge in [-0.1, -0.05) is 151 Å². The second kappa shape index (κ2) is 14.9. The van der Waals surface area contributed by atoms with Gasteiger partial charge >= 0.3 is 0 Å². The molecule has 12 rings (SSSR count). The van der Waals surface area contributed by atoms with Crippen LogP contribution in [-0.4, -0.2) is 6.71 Å². The van der Waals surface area contributed by atoms with Gasteiger partial charge in [-0.2, -0.15) is 0 Å². The number of anilines is 9. The predicted molar refractivity (Wildman–Crippen MR) is 282 cm³/mol. The fourth-order valence-corrected chi connectivity index (χ4v) is 12.1. The smallest absolute Gasteiger partial charge is 0.252 e. The Morgan fingerprint density at radius 3 is 1.68 bits per heavy atom. The maximum Gasteiger partial charge on any atom is 0.252 e. The van der Waals surface area contributed by atoms with Crippen LogP contribution in [-0.2, 0) is 16.2 Å². The highest BCUT2D eigenvalue weighted by Gasteiger charge is 2.47. The van der Waals surface area contributed by atoms with Gasteiger partial charge in [0.25, 0.3) is 6.71 Å². The van der Waals surface area contributed by atoms with Gasteiger partial charge in [-0.3, -0.25) is 0 Å². The highest BCUT2D eigenvalue weighted by Crippen LogP contribution is 2.58. The Labute approximate surface area is 392 Å². The summed E-state index contributed by atoms with van der Waals surface area (Å²) in [5, 5.41) is 0. The Morgan fingerprint density at radius 1 is 0.455 bits per heavy atom. The molecule has 8 aromatic rings. The third-order valence-electron chi connectivity index (χ3n) is 15.3. The molecule has 0 saturated heterocycles. The summed E-state index contributed by atoms with van der Waals surface area (Å²) in [6, 6.07) is 67.3. The molecule has 4 heteroatoms. The fourth-order valence-electron chi connectivity index (χ4n) is 12.1. The summed E-state index contributed by atoms with van der Waals surface area (Å²) < 4.78 is 0. The Balaban J connectivity index is 1.15. The van der Waals surface area contributed by atoms with E-state index >= 15 is 0 Å². The van der Waals surface area contributed by atoms with E-state index in [0.717, 1.165) is 17.1 Å². The monoisotopic (exact) mass is 855 g/mol. The molecular weight excluding hydrogens is 798 g/mol. The first kappa shape index (κ1) is 40.7. The summed E-state index contributed by atoms with van der Waals surface area (Å²) >= 11 is 0. The minimum absolute atomic E-state index is 0.0139. The molecule has 0 bridgehead atoms. The van der Waals surface area contributed by atoms with Crippen LogP contribution in [0.5, 0.6) is 0 Å². The molecule has 3 nitrogen and oxygen atoms in total. The van der Waals surface area contributed by atoms with Crippen LogP contribution >= 0.6 is 0 Å². The molecule has 0 radical (unpaired) electrons. The van der Waals surface area contributed by atoms with Crippen LogP contribution in [0.4, 0.5) is 51.2 Å². The summed E-state index contributed by atoms with van der Waals surface area (Å²) in [5.74, 6) is 0. The van der Waals surface area contributed by atoms with Gasteiger partial charge in [-0.25, -0.2) is 0 Å². The number of aryl methyl sites for hydroxylation is 1. The minimum Gasteiger partial charge on any atom is -0.311 e. The zero-order valence-electron chi connectivity index (χ0n) is 39.5. The van der Waals surface area contributed by atoms with Crippen LogP contribution in [0, 0.1) is 6.92 Å². The SMILES string of the molecule is Cc1cc2c3c(c1)N(c1ccc4c(c1)C1(CCCC1)c1ccccc1-4)c1cc(N(c4ccccc4)c4ccccc4)ccc1B3c1cc(C(C)(C)C)ccc1N2c1ccc(C(C)(C)C)cc1. The molecule has 2 heterocycles. The number of nitrogens with zero attached hydrogens (tertiary/aromatic N) is 3. The lowest BCUT2D eigenvalue weighted by Crippen LogP contribution is -2.61. The predicted octanol–water partition coefficient (Wildman–Crippen LogP) is 15.0. The third-order valence-corrected chi connectivity index (χ3v) is 15.3. The van der Waals surface area contributed by atoms with E-state index in [1.165, 1.54) is 115 Å². The van der Waals surface area contributed by atoms with Crippen LogP contribution in [0.3, 0.4) is 0 Å². The van der Waals surface area contributed by atoms with Crippen molar-refractivity contribution < 1.29 is 0 Å². The van der Waals surface area contributed by atoms with E-state index in [4.69, 9.17) is 0 Å². The lowest BCUT2D eigenvalue weighted by Gasteiger charge is -2.45. The molecule has 8 aromatic carbocycles. The van der Waals surface area contributed by atoms with Crippen molar-refractivity contribution in [3.05, 3.63) is 204 Å². The number of fused-ring (bicyclic) bond motifs is 9. The van der Waals surface area contributed by atoms with Gasteiger partial charge in [0.2, 0.25) is 0 Å². The summed E-state index contributed by atoms with van der Waals surface area (Å²) in [6.07, 6.45) is 4.92. The van der Waals surface area contributed by atoms with Crippen LogP contribution in [0.2, 0.25) is 0 Å². The highest BCUT2D eigenvalue weighted by atomic mass is 15.2. The fraction of sp³-hybridized carbons (Fsp3) is 0.226. The van der Waals surface area contributed by atoms with Crippen LogP contribution in [0.25, 0.3) is 11.1 Å². The molecule has 1 fully saturated rings. The molecule has 2 aliphatic heterocycles. The average Bonchev–Trinajstić information content (AvgIpc) is 3.92. The minimum atomic E-state index is -0.0257. The normalized spacial score (nSPS) is 15.3. The van der Waals surface area contributed by atoms with Crippen molar-refractivity contribution in [2.75, 3.05) is 14.7 Å². The lowest BCUT2D eigenvalue weighted by molar-refractivity contribution is 0.550. The third kappa shape index (κ3) is 6.24. The molecule has 0 unspecified atom stereocenters. The highest BCUT2D eigenvalue weighted by molar-refractivity contribution is 7.00. The van der Waals surface area contributed by atoms with E-state index in [1.807, 2.05) is 0 Å². The number of benzene rings is 8. The molecule has 66 heavy (non-hydrogen) atoms. The van der Waals surface area contributed by atoms with Crippen molar-refractivity contribution in [3.8, 4) is 11.1 Å². The van der Waals surface area contributed by atoms with Crippen molar-refractivity contribution in [3.63, 3.8) is 0 Å². The lowest BCUT2D eigenvalue weighted by atomic mass is 9.33. The molecule has 1 spiro atoms. The van der Waals surface area contributed by atoms with Gasteiger partial charge in [0.05, 0.1) is 0 Å². The standard InChI is InChI=1S/C62H58BN3/c1-41-36-57-59-58(37-41)66(47-29-31-50-49-22-14-15-23-51(49)62(52(50)39-47)34-16-17-35-62)56-40-48(64(44-18-10-8-11-19-44)45-20-12-9-13-21-45)30-32-53(56)63(59)54-38-43(61(5,6)7)26-33-55(54)65(57)46-27-24-42(25-28-46)60(2,3)4/h8-15,18-33,36-40H,16-17,34-35H2,1-7H3. The van der Waals surface area contributed by atoms with E-state index in [0.29, 0.717) is 0 Å². The van der Waals surface area contributed by atoms with Crippen molar-refractivity contribution >= 4 is 74.3 Å². The van der Waals surface area contributed by atoms with Gasteiger partial charge in [-0.15, -0.1) is 0 Å². The number of rotatable bonds is 5. The topological polar surface area (TPSA) is 9.72 Å².